The van der Waals surface area contributed by atoms with Crippen LogP contribution in [0.25, 0.3) is 0 Å². The summed E-state index contributed by atoms with van der Waals surface area (Å²) in [5, 5.41) is 2.61. The Hall–Kier alpha value is -4.25. The number of carbonyl (C=O) groups is 2. The average Bonchev–Trinajstić information content (AvgIpc) is 3.02. The van der Waals surface area contributed by atoms with Crippen molar-refractivity contribution in [1.29, 1.82) is 0 Å². The van der Waals surface area contributed by atoms with Crippen LogP contribution in [0.4, 0.5) is 23.7 Å². The predicted molar refractivity (Wildman–Crippen MR) is 186 cm³/mol. The first kappa shape index (κ1) is 38.5. The minimum absolute atomic E-state index is 0.00369. The van der Waals surface area contributed by atoms with Gasteiger partial charge in [0.25, 0.3) is 0 Å². The number of morpholine rings is 1. The van der Waals surface area contributed by atoms with Crippen LogP contribution in [-0.2, 0) is 18.7 Å². The summed E-state index contributed by atoms with van der Waals surface area (Å²) >= 11 is 0. The molecule has 1 fully saturated rings. The van der Waals surface area contributed by atoms with Crippen LogP contribution in [0, 0.1) is 29.3 Å². The maximum Gasteiger partial charge on any atom is 0.410 e. The molecule has 1 aliphatic heterocycles. The van der Waals surface area contributed by atoms with Gasteiger partial charge >= 0.3 is 6.09 Å². The molecule has 1 saturated heterocycles. The zero-order chi connectivity index (χ0) is 36.9. The summed E-state index contributed by atoms with van der Waals surface area (Å²) in [5.74, 6) is 2.40. The van der Waals surface area contributed by atoms with E-state index in [0.29, 0.717) is 5.56 Å². The van der Waals surface area contributed by atoms with Crippen LogP contribution in [0.1, 0.15) is 70.6 Å². The highest BCUT2D eigenvalue weighted by Crippen LogP contribution is 2.37. The van der Waals surface area contributed by atoms with Gasteiger partial charge in [-0.05, 0) is 68.2 Å². The number of pyridine rings is 2. The number of carbonyl (C=O) groups excluding carboxylic acids is 2. The van der Waals surface area contributed by atoms with Crippen molar-refractivity contribution in [2.75, 3.05) is 25.1 Å². The van der Waals surface area contributed by atoms with Gasteiger partial charge in [0.2, 0.25) is 5.91 Å². The largest absolute Gasteiger partial charge is 0.444 e. The van der Waals surface area contributed by atoms with Gasteiger partial charge < -0.3 is 19.2 Å². The second-order valence-corrected chi connectivity index (χ2v) is 19.6. The zero-order valence-corrected chi connectivity index (χ0v) is 30.8. The van der Waals surface area contributed by atoms with E-state index in [0.717, 1.165) is 12.4 Å². The van der Waals surface area contributed by atoms with Crippen LogP contribution in [0.2, 0.25) is 18.1 Å². The monoisotopic (exact) mass is 710 g/mol. The number of halogens is 3. The lowest BCUT2D eigenvalue weighted by Gasteiger charge is -2.42. The van der Waals surface area contributed by atoms with E-state index in [-0.39, 0.29) is 48.0 Å². The number of anilines is 1. The molecule has 3 heterocycles. The summed E-state index contributed by atoms with van der Waals surface area (Å²) in [6, 6.07) is 6.43. The molecule has 0 spiro atoms. The standard InChI is InChI=1S/C37H45F3N4O5Si/c1-36(2,3)49-35(46)44-21-27(47-22-26(44)23-48-50(7,8)37(4,5)6)13-14-29-32(40)19-42-20-33(29)43-34(45)17-30(24-9-11-25(38)12-10-24)28-15-16-41-18-31(28)39/h9-12,15-16,18-20,26-27,30H,17,21-23H2,1-8H3,(H,43,45). The van der Waals surface area contributed by atoms with Gasteiger partial charge in [0.1, 0.15) is 23.3 Å². The van der Waals surface area contributed by atoms with Crippen molar-refractivity contribution in [2.24, 2.45) is 0 Å². The molecule has 1 aliphatic rings. The molecule has 1 N–H and O–H groups in total. The Morgan fingerprint density at radius 2 is 1.70 bits per heavy atom. The molecule has 9 nitrogen and oxygen atoms in total. The number of hydrogen-bond acceptors (Lipinski definition) is 7. The molecule has 0 bridgehead atoms. The lowest BCUT2D eigenvalue weighted by molar-refractivity contribution is -0.116. The Kier molecular flexibility index (Phi) is 12.1. The second kappa shape index (κ2) is 15.7. The Labute approximate surface area is 293 Å². The number of rotatable bonds is 8. The molecular weight excluding hydrogens is 666 g/mol. The molecule has 50 heavy (non-hydrogen) atoms. The Morgan fingerprint density at radius 1 is 1.02 bits per heavy atom. The van der Waals surface area contributed by atoms with Gasteiger partial charge in [-0.15, -0.1) is 0 Å². The fraction of sp³-hybridized carbons (Fsp3) is 0.459. The maximum atomic E-state index is 15.2. The molecule has 0 saturated carbocycles. The SMILES string of the molecule is CC(C)(C)OC(=O)N1CC(C#Cc2c(F)cncc2NC(=O)CC(c2ccc(F)cc2)c2ccncc2F)OCC1CO[Si](C)(C)C(C)(C)C. The van der Waals surface area contributed by atoms with Gasteiger partial charge in [-0.25, -0.2) is 18.0 Å². The lowest BCUT2D eigenvalue weighted by atomic mass is 9.88. The van der Waals surface area contributed by atoms with Gasteiger partial charge in [0, 0.05) is 18.5 Å². The van der Waals surface area contributed by atoms with E-state index in [1.54, 1.807) is 25.7 Å². The van der Waals surface area contributed by atoms with Crippen molar-refractivity contribution >= 4 is 26.0 Å². The number of nitrogens with zero attached hydrogens (tertiary/aromatic N) is 3. The third-order valence-corrected chi connectivity index (χ3v) is 13.2. The molecular formula is C37H45F3N4O5Si. The van der Waals surface area contributed by atoms with Crippen LogP contribution in [0.15, 0.2) is 55.1 Å². The zero-order valence-electron chi connectivity index (χ0n) is 29.8. The van der Waals surface area contributed by atoms with Crippen LogP contribution >= 0.6 is 0 Å². The summed E-state index contributed by atoms with van der Waals surface area (Å²) in [6.45, 7) is 16.4. The van der Waals surface area contributed by atoms with Crippen molar-refractivity contribution in [3.8, 4) is 11.8 Å². The first-order chi connectivity index (χ1) is 23.3. The number of hydrogen-bond donors (Lipinski definition) is 1. The van der Waals surface area contributed by atoms with Crippen molar-refractivity contribution in [2.45, 2.75) is 89.8 Å². The fourth-order valence-electron chi connectivity index (χ4n) is 4.96. The maximum absolute atomic E-state index is 15.2. The average molecular weight is 711 g/mol. The minimum Gasteiger partial charge on any atom is -0.444 e. The van der Waals surface area contributed by atoms with Crippen molar-refractivity contribution in [3.05, 3.63) is 89.3 Å². The number of aromatic nitrogens is 2. The van der Waals surface area contributed by atoms with Gasteiger partial charge in [-0.2, -0.15) is 0 Å². The Morgan fingerprint density at radius 3 is 2.34 bits per heavy atom. The quantitative estimate of drug-likeness (QED) is 0.192. The number of benzene rings is 1. The first-order valence-electron chi connectivity index (χ1n) is 16.4. The topological polar surface area (TPSA) is 103 Å². The van der Waals surface area contributed by atoms with E-state index in [9.17, 15) is 18.4 Å². The molecule has 1 aromatic carbocycles. The summed E-state index contributed by atoms with van der Waals surface area (Å²) in [5.41, 5.74) is -0.195. The molecule has 3 aromatic rings. The normalized spacial score (nSPS) is 17.4. The molecule has 3 atom stereocenters. The Balaban J connectivity index is 1.54. The Bertz CT molecular complexity index is 1730. The molecule has 268 valence electrons. The van der Waals surface area contributed by atoms with Gasteiger partial charge in [0.05, 0.1) is 55.6 Å². The third kappa shape index (κ3) is 10.1. The smallest absolute Gasteiger partial charge is 0.410 e. The minimum atomic E-state index is -2.14. The fourth-order valence-corrected chi connectivity index (χ4v) is 6.00. The number of amides is 2. The molecule has 4 rings (SSSR count). The lowest BCUT2D eigenvalue weighted by Crippen LogP contribution is -2.56. The summed E-state index contributed by atoms with van der Waals surface area (Å²) in [6.07, 6.45) is 3.06. The van der Waals surface area contributed by atoms with Gasteiger partial charge in [0.15, 0.2) is 14.1 Å². The highest BCUT2D eigenvalue weighted by atomic mass is 28.4. The van der Waals surface area contributed by atoms with E-state index >= 15 is 4.39 Å². The molecule has 0 aliphatic carbocycles. The van der Waals surface area contributed by atoms with Crippen molar-refractivity contribution < 1.29 is 36.7 Å². The van der Waals surface area contributed by atoms with E-state index in [4.69, 9.17) is 13.9 Å². The molecule has 0 radical (unpaired) electrons. The van der Waals surface area contributed by atoms with Crippen LogP contribution < -0.4 is 5.32 Å². The first-order valence-corrected chi connectivity index (χ1v) is 19.3. The molecule has 3 unspecified atom stereocenters. The highest BCUT2D eigenvalue weighted by molar-refractivity contribution is 6.74. The van der Waals surface area contributed by atoms with Crippen LogP contribution in [0.5, 0.6) is 0 Å². The van der Waals surface area contributed by atoms with E-state index < -0.39 is 61.4 Å². The summed E-state index contributed by atoms with van der Waals surface area (Å²) in [7, 11) is -2.14. The summed E-state index contributed by atoms with van der Waals surface area (Å²) < 4.78 is 61.8. The predicted octanol–water partition coefficient (Wildman–Crippen LogP) is 7.43. The van der Waals surface area contributed by atoms with E-state index in [2.05, 4.69) is 61.0 Å². The second-order valence-electron chi connectivity index (χ2n) is 14.7. The molecule has 2 amide bonds. The number of ether oxygens (including phenoxy) is 2. The van der Waals surface area contributed by atoms with Crippen molar-refractivity contribution in [3.63, 3.8) is 0 Å². The van der Waals surface area contributed by atoms with E-state index in [1.165, 1.54) is 42.7 Å². The van der Waals surface area contributed by atoms with Crippen LogP contribution in [0.3, 0.4) is 0 Å². The van der Waals surface area contributed by atoms with Crippen molar-refractivity contribution in [1.82, 2.24) is 14.9 Å². The molecule has 13 heteroatoms. The summed E-state index contributed by atoms with van der Waals surface area (Å²) in [4.78, 5) is 35.9. The van der Waals surface area contributed by atoms with E-state index in [1.807, 2.05) is 0 Å². The van der Waals surface area contributed by atoms with Gasteiger partial charge in [-0.1, -0.05) is 44.7 Å². The van der Waals surface area contributed by atoms with Gasteiger partial charge in [-0.3, -0.25) is 19.7 Å². The third-order valence-electron chi connectivity index (χ3n) is 8.74. The highest BCUT2D eigenvalue weighted by Gasteiger charge is 2.40. The molecule has 2 aromatic heterocycles. The van der Waals surface area contributed by atoms with Crippen LogP contribution in [-0.4, -0.2) is 72.7 Å². The number of nitrogens with one attached hydrogen (secondary N) is 1.